The Morgan fingerprint density at radius 2 is 2.14 bits per heavy atom. The molecule has 1 aliphatic heterocycles. The average molecular weight is 293 g/mol. The molecule has 1 fully saturated rings. The lowest BCUT2D eigenvalue weighted by Gasteiger charge is -2.23. The lowest BCUT2D eigenvalue weighted by Crippen LogP contribution is -2.41. The summed E-state index contributed by atoms with van der Waals surface area (Å²) in [4.78, 5) is 0. The highest BCUT2D eigenvalue weighted by Gasteiger charge is 2.25. The third-order valence-electron chi connectivity index (χ3n) is 3.95. The number of likely N-dealkylation sites (N-methyl/N-ethyl adjacent to an activating group) is 1. The lowest BCUT2D eigenvalue weighted by molar-refractivity contribution is 0.161. The molecule has 1 N–H and O–H groups in total. The van der Waals surface area contributed by atoms with Gasteiger partial charge < -0.3 is 19.5 Å². The first kappa shape index (κ1) is 16.3. The Balaban J connectivity index is 1.82. The predicted octanol–water partition coefficient (Wildman–Crippen LogP) is 2.27. The largest absolute Gasteiger partial charge is 0.492 e. The minimum absolute atomic E-state index is 0.366. The highest BCUT2D eigenvalue weighted by atomic mass is 16.5. The highest BCUT2D eigenvalue weighted by molar-refractivity contribution is 5.27. The van der Waals surface area contributed by atoms with Crippen LogP contribution in [0.2, 0.25) is 0 Å². The topological polar surface area (TPSA) is 39.7 Å². The summed E-state index contributed by atoms with van der Waals surface area (Å²) in [5, 5.41) is 3.51. The van der Waals surface area contributed by atoms with Crippen molar-refractivity contribution in [2.45, 2.75) is 25.8 Å². The highest BCUT2D eigenvalue weighted by Crippen LogP contribution is 2.19. The first-order valence-corrected chi connectivity index (χ1v) is 7.85. The first-order chi connectivity index (χ1) is 10.3. The van der Waals surface area contributed by atoms with Gasteiger partial charge in [-0.3, -0.25) is 0 Å². The van der Waals surface area contributed by atoms with Crippen molar-refractivity contribution in [3.05, 3.63) is 29.8 Å². The summed E-state index contributed by atoms with van der Waals surface area (Å²) < 4.78 is 16.5. The minimum atomic E-state index is 0.366. The molecule has 0 bridgehead atoms. The molecule has 1 aromatic carbocycles. The van der Waals surface area contributed by atoms with E-state index in [1.165, 1.54) is 5.56 Å². The number of hydrogen-bond donors (Lipinski definition) is 1. The van der Waals surface area contributed by atoms with Gasteiger partial charge in [0.05, 0.1) is 13.2 Å². The maximum atomic E-state index is 5.94. The van der Waals surface area contributed by atoms with Gasteiger partial charge in [0.2, 0.25) is 0 Å². The Hall–Kier alpha value is -1.10. The van der Waals surface area contributed by atoms with E-state index in [9.17, 15) is 0 Å². The van der Waals surface area contributed by atoms with E-state index < -0.39 is 0 Å². The van der Waals surface area contributed by atoms with E-state index in [2.05, 4.69) is 24.4 Å². The van der Waals surface area contributed by atoms with E-state index in [1.54, 1.807) is 7.11 Å². The van der Waals surface area contributed by atoms with Crippen molar-refractivity contribution in [3.8, 4) is 5.75 Å². The third kappa shape index (κ3) is 5.30. The molecule has 0 aliphatic carbocycles. The van der Waals surface area contributed by atoms with Gasteiger partial charge in [0.1, 0.15) is 12.4 Å². The van der Waals surface area contributed by atoms with Crippen LogP contribution in [0.15, 0.2) is 24.3 Å². The van der Waals surface area contributed by atoms with Crippen LogP contribution in [0.25, 0.3) is 0 Å². The van der Waals surface area contributed by atoms with Gasteiger partial charge >= 0.3 is 0 Å². The van der Waals surface area contributed by atoms with E-state index in [0.717, 1.165) is 45.0 Å². The SMILES string of the molecule is CCNC(COc1ccc(CCOC)cc1)C1CCOC1. The maximum Gasteiger partial charge on any atom is 0.119 e. The second-order valence-electron chi connectivity index (χ2n) is 5.49. The number of methoxy groups -OCH3 is 1. The van der Waals surface area contributed by atoms with Gasteiger partial charge in [-0.1, -0.05) is 19.1 Å². The number of nitrogens with one attached hydrogen (secondary N) is 1. The van der Waals surface area contributed by atoms with Gasteiger partial charge in [0, 0.05) is 25.7 Å². The number of benzene rings is 1. The van der Waals surface area contributed by atoms with Crippen LogP contribution >= 0.6 is 0 Å². The Labute approximate surface area is 127 Å². The second-order valence-corrected chi connectivity index (χ2v) is 5.49. The molecule has 2 unspecified atom stereocenters. The molecular weight excluding hydrogens is 266 g/mol. The zero-order valence-electron chi connectivity index (χ0n) is 13.1. The summed E-state index contributed by atoms with van der Waals surface area (Å²) >= 11 is 0. The van der Waals surface area contributed by atoms with Crippen molar-refractivity contribution < 1.29 is 14.2 Å². The van der Waals surface area contributed by atoms with Crippen LogP contribution in [-0.2, 0) is 15.9 Å². The summed E-state index contributed by atoms with van der Waals surface area (Å²) in [6, 6.07) is 8.66. The van der Waals surface area contributed by atoms with Crippen LogP contribution in [0.4, 0.5) is 0 Å². The van der Waals surface area contributed by atoms with Gasteiger partial charge in [-0.05, 0) is 37.1 Å². The van der Waals surface area contributed by atoms with E-state index in [4.69, 9.17) is 14.2 Å². The van der Waals surface area contributed by atoms with Crippen molar-refractivity contribution >= 4 is 0 Å². The molecule has 0 radical (unpaired) electrons. The summed E-state index contributed by atoms with van der Waals surface area (Å²) in [6.45, 7) is 6.26. The Kier molecular flexibility index (Phi) is 7.00. The van der Waals surface area contributed by atoms with Crippen molar-refractivity contribution in [2.24, 2.45) is 5.92 Å². The first-order valence-electron chi connectivity index (χ1n) is 7.85. The molecule has 21 heavy (non-hydrogen) atoms. The molecule has 1 aromatic rings. The van der Waals surface area contributed by atoms with E-state index in [0.29, 0.717) is 18.6 Å². The average Bonchev–Trinajstić information content (AvgIpc) is 3.04. The standard InChI is InChI=1S/C17H27NO3/c1-3-18-17(15-9-11-20-12-15)13-21-16-6-4-14(5-7-16)8-10-19-2/h4-7,15,17-18H,3,8-13H2,1-2H3. The van der Waals surface area contributed by atoms with Crippen LogP contribution in [0.3, 0.4) is 0 Å². The molecule has 118 valence electrons. The second kappa shape index (κ2) is 9.03. The fraction of sp³-hybridized carbons (Fsp3) is 0.647. The minimum Gasteiger partial charge on any atom is -0.492 e. The van der Waals surface area contributed by atoms with Crippen molar-refractivity contribution in [3.63, 3.8) is 0 Å². The van der Waals surface area contributed by atoms with Crippen LogP contribution in [-0.4, -0.2) is 46.1 Å². The summed E-state index contributed by atoms with van der Waals surface area (Å²) in [5.41, 5.74) is 1.27. The molecule has 1 aliphatic rings. The summed E-state index contributed by atoms with van der Waals surface area (Å²) in [6.07, 6.45) is 2.06. The molecule has 2 atom stereocenters. The fourth-order valence-electron chi connectivity index (χ4n) is 2.65. The molecule has 0 amide bonds. The van der Waals surface area contributed by atoms with Gasteiger partial charge in [0.15, 0.2) is 0 Å². The molecule has 1 saturated heterocycles. The smallest absolute Gasteiger partial charge is 0.119 e. The Bertz CT molecular complexity index is 388. The molecule has 0 spiro atoms. The molecule has 4 heteroatoms. The zero-order chi connectivity index (χ0) is 14.9. The summed E-state index contributed by atoms with van der Waals surface area (Å²) in [5.74, 6) is 1.49. The molecule has 0 saturated carbocycles. The molecule has 1 heterocycles. The monoisotopic (exact) mass is 293 g/mol. The van der Waals surface area contributed by atoms with Crippen LogP contribution in [0, 0.1) is 5.92 Å². The van der Waals surface area contributed by atoms with Crippen molar-refractivity contribution in [2.75, 3.05) is 40.1 Å². The van der Waals surface area contributed by atoms with Gasteiger partial charge in [0.25, 0.3) is 0 Å². The van der Waals surface area contributed by atoms with Crippen LogP contribution in [0.1, 0.15) is 18.9 Å². The Morgan fingerprint density at radius 3 is 2.76 bits per heavy atom. The van der Waals surface area contributed by atoms with Gasteiger partial charge in [-0.25, -0.2) is 0 Å². The van der Waals surface area contributed by atoms with Crippen LogP contribution in [0.5, 0.6) is 5.75 Å². The van der Waals surface area contributed by atoms with Crippen LogP contribution < -0.4 is 10.1 Å². The van der Waals surface area contributed by atoms with E-state index in [-0.39, 0.29) is 0 Å². The number of ether oxygens (including phenoxy) is 3. The quantitative estimate of drug-likeness (QED) is 0.758. The van der Waals surface area contributed by atoms with Crippen molar-refractivity contribution in [1.29, 1.82) is 0 Å². The summed E-state index contributed by atoms with van der Waals surface area (Å²) in [7, 11) is 1.73. The van der Waals surface area contributed by atoms with E-state index >= 15 is 0 Å². The predicted molar refractivity (Wildman–Crippen MR) is 83.9 cm³/mol. The fourth-order valence-corrected chi connectivity index (χ4v) is 2.65. The Morgan fingerprint density at radius 1 is 1.33 bits per heavy atom. The molecule has 0 aromatic heterocycles. The van der Waals surface area contributed by atoms with Gasteiger partial charge in [-0.15, -0.1) is 0 Å². The normalized spacial score (nSPS) is 19.6. The number of hydrogen-bond acceptors (Lipinski definition) is 4. The van der Waals surface area contributed by atoms with Gasteiger partial charge in [-0.2, -0.15) is 0 Å². The number of rotatable bonds is 9. The van der Waals surface area contributed by atoms with E-state index in [1.807, 2.05) is 12.1 Å². The molecule has 4 nitrogen and oxygen atoms in total. The molecule has 2 rings (SSSR count). The third-order valence-corrected chi connectivity index (χ3v) is 3.95. The maximum absolute atomic E-state index is 5.94. The zero-order valence-corrected chi connectivity index (χ0v) is 13.1. The molecular formula is C17H27NO3. The van der Waals surface area contributed by atoms with Crippen molar-refractivity contribution in [1.82, 2.24) is 5.32 Å². The lowest BCUT2D eigenvalue weighted by atomic mass is 10.00.